The van der Waals surface area contributed by atoms with E-state index >= 15 is 0 Å². The van der Waals surface area contributed by atoms with Crippen molar-refractivity contribution in [1.29, 1.82) is 0 Å². The summed E-state index contributed by atoms with van der Waals surface area (Å²) < 4.78 is 25.1. The molecule has 34 heavy (non-hydrogen) atoms. The lowest BCUT2D eigenvalue weighted by molar-refractivity contribution is -0.150. The van der Waals surface area contributed by atoms with Crippen LogP contribution in [0.5, 0.6) is 5.75 Å². The number of benzene rings is 1. The van der Waals surface area contributed by atoms with Gasteiger partial charge in [0.1, 0.15) is 17.6 Å². The minimum absolute atomic E-state index is 0.217. The number of carbonyl (C=O) groups excluding carboxylic acids is 1. The molecule has 0 amide bonds. The van der Waals surface area contributed by atoms with Gasteiger partial charge in [-0.25, -0.2) is 4.39 Å². The summed E-state index contributed by atoms with van der Waals surface area (Å²) in [5.74, 6) is 0.483. The molecule has 0 bridgehead atoms. The van der Waals surface area contributed by atoms with Gasteiger partial charge in [0.25, 0.3) is 0 Å². The van der Waals surface area contributed by atoms with E-state index in [9.17, 15) is 14.3 Å². The van der Waals surface area contributed by atoms with Crippen LogP contribution in [0.4, 0.5) is 4.39 Å². The van der Waals surface area contributed by atoms with E-state index in [4.69, 9.17) is 9.47 Å². The van der Waals surface area contributed by atoms with Crippen molar-refractivity contribution in [3.05, 3.63) is 35.8 Å². The number of esters is 1. The minimum Gasteiger partial charge on any atom is -0.497 e. The Kier molecular flexibility index (Phi) is 8.34. The Morgan fingerprint density at radius 3 is 2.76 bits per heavy atom. The van der Waals surface area contributed by atoms with Gasteiger partial charge in [-0.1, -0.05) is 19.3 Å². The number of methoxy groups -OCH3 is 2. The van der Waals surface area contributed by atoms with Crippen LogP contribution in [-0.2, 0) is 9.53 Å². The third-order valence-electron chi connectivity index (χ3n) is 7.38. The van der Waals surface area contributed by atoms with E-state index in [2.05, 4.69) is 14.8 Å². The zero-order chi connectivity index (χ0) is 24.1. The zero-order valence-corrected chi connectivity index (χ0v) is 20.2. The van der Waals surface area contributed by atoms with Crippen LogP contribution in [0.1, 0.15) is 50.2 Å². The first-order valence-electron chi connectivity index (χ1n) is 12.3. The Morgan fingerprint density at radius 1 is 1.24 bits per heavy atom. The SMILES string of the molecule is COC(=O)[C@H]1CN(CC2CCCCC2)CCN1CCC(O)c1c(F)cnc2ccc(OC)cc12. The van der Waals surface area contributed by atoms with Crippen molar-refractivity contribution >= 4 is 16.9 Å². The molecule has 2 aliphatic rings. The predicted octanol–water partition coefficient (Wildman–Crippen LogP) is 3.55. The second-order valence-corrected chi connectivity index (χ2v) is 9.55. The molecule has 2 atom stereocenters. The first-order chi connectivity index (χ1) is 16.5. The van der Waals surface area contributed by atoms with Crippen molar-refractivity contribution in [2.75, 3.05) is 46.9 Å². The number of piperazine rings is 1. The molecule has 1 unspecified atom stereocenters. The Bertz CT molecular complexity index is 982. The molecule has 2 aromatic rings. The molecule has 1 aliphatic carbocycles. The summed E-state index contributed by atoms with van der Waals surface area (Å²) in [4.78, 5) is 21.2. The topological polar surface area (TPSA) is 75.1 Å². The van der Waals surface area contributed by atoms with Crippen molar-refractivity contribution in [1.82, 2.24) is 14.8 Å². The maximum absolute atomic E-state index is 14.7. The minimum atomic E-state index is -1.03. The van der Waals surface area contributed by atoms with Crippen LogP contribution in [0, 0.1) is 11.7 Å². The van der Waals surface area contributed by atoms with Gasteiger partial charge in [0.05, 0.1) is 32.0 Å². The molecular weight excluding hydrogens is 437 g/mol. The Balaban J connectivity index is 1.43. The van der Waals surface area contributed by atoms with Gasteiger partial charge < -0.3 is 14.6 Å². The molecule has 1 saturated heterocycles. The Labute approximate surface area is 200 Å². The van der Waals surface area contributed by atoms with Gasteiger partial charge in [-0.05, 0) is 43.4 Å². The lowest BCUT2D eigenvalue weighted by atomic mass is 9.88. The fourth-order valence-corrected chi connectivity index (χ4v) is 5.47. The molecule has 8 heteroatoms. The van der Waals surface area contributed by atoms with Gasteiger partial charge in [-0.3, -0.25) is 19.6 Å². The average Bonchev–Trinajstić information content (AvgIpc) is 2.87. The number of fused-ring (bicyclic) bond motifs is 1. The second kappa shape index (κ2) is 11.4. The highest BCUT2D eigenvalue weighted by Gasteiger charge is 2.34. The highest BCUT2D eigenvalue weighted by atomic mass is 19.1. The van der Waals surface area contributed by atoms with Gasteiger partial charge in [-0.15, -0.1) is 0 Å². The maximum Gasteiger partial charge on any atom is 0.324 e. The maximum atomic E-state index is 14.7. The van der Waals surface area contributed by atoms with Crippen molar-refractivity contribution < 1.29 is 23.8 Å². The normalized spacial score (nSPS) is 21.5. The van der Waals surface area contributed by atoms with Crippen molar-refractivity contribution in [2.45, 2.75) is 50.7 Å². The molecule has 4 rings (SSSR count). The number of nitrogens with zero attached hydrogens (tertiary/aromatic N) is 3. The zero-order valence-electron chi connectivity index (χ0n) is 20.2. The number of hydrogen-bond acceptors (Lipinski definition) is 7. The molecule has 186 valence electrons. The van der Waals surface area contributed by atoms with E-state index < -0.39 is 11.9 Å². The van der Waals surface area contributed by atoms with E-state index in [0.717, 1.165) is 19.3 Å². The number of hydrogen-bond donors (Lipinski definition) is 1. The lowest BCUT2D eigenvalue weighted by Crippen LogP contribution is -2.57. The molecule has 2 heterocycles. The van der Waals surface area contributed by atoms with Crippen LogP contribution in [0.2, 0.25) is 0 Å². The summed E-state index contributed by atoms with van der Waals surface area (Å²) in [5, 5.41) is 11.5. The van der Waals surface area contributed by atoms with Gasteiger partial charge in [-0.2, -0.15) is 0 Å². The number of aliphatic hydroxyl groups is 1. The van der Waals surface area contributed by atoms with E-state index in [-0.39, 0.29) is 17.6 Å². The third-order valence-corrected chi connectivity index (χ3v) is 7.38. The van der Waals surface area contributed by atoms with Gasteiger partial charge >= 0.3 is 5.97 Å². The van der Waals surface area contributed by atoms with E-state index in [1.54, 1.807) is 25.3 Å². The van der Waals surface area contributed by atoms with E-state index in [1.165, 1.54) is 39.2 Å². The largest absolute Gasteiger partial charge is 0.497 e. The summed E-state index contributed by atoms with van der Waals surface area (Å²) in [7, 11) is 2.96. The van der Waals surface area contributed by atoms with E-state index in [1.807, 2.05) is 0 Å². The van der Waals surface area contributed by atoms with Crippen molar-refractivity contribution in [2.24, 2.45) is 5.92 Å². The van der Waals surface area contributed by atoms with E-state index in [0.29, 0.717) is 48.6 Å². The Hall–Kier alpha value is -2.29. The molecule has 7 nitrogen and oxygen atoms in total. The summed E-state index contributed by atoms with van der Waals surface area (Å²) >= 11 is 0. The fourth-order valence-electron chi connectivity index (χ4n) is 5.47. The number of pyridine rings is 1. The van der Waals surface area contributed by atoms with Crippen LogP contribution in [-0.4, -0.2) is 78.8 Å². The monoisotopic (exact) mass is 473 g/mol. The van der Waals surface area contributed by atoms with Crippen molar-refractivity contribution in [3.63, 3.8) is 0 Å². The number of rotatable bonds is 8. The molecule has 1 saturated carbocycles. The number of ether oxygens (including phenoxy) is 2. The third kappa shape index (κ3) is 5.67. The number of carbonyl (C=O) groups is 1. The molecule has 0 spiro atoms. The summed E-state index contributed by atoms with van der Waals surface area (Å²) in [6.07, 6.45) is 6.88. The van der Waals surface area contributed by atoms with Gasteiger partial charge in [0, 0.05) is 43.7 Å². The van der Waals surface area contributed by atoms with Crippen LogP contribution in [0.25, 0.3) is 10.9 Å². The molecule has 1 N–H and O–H groups in total. The molecule has 1 aromatic carbocycles. The number of aliphatic hydroxyl groups excluding tert-OH is 1. The highest BCUT2D eigenvalue weighted by molar-refractivity contribution is 5.84. The average molecular weight is 474 g/mol. The van der Waals surface area contributed by atoms with Crippen LogP contribution >= 0.6 is 0 Å². The molecule has 1 aromatic heterocycles. The number of aromatic nitrogens is 1. The quantitative estimate of drug-likeness (QED) is 0.588. The molecule has 1 aliphatic heterocycles. The molecule has 0 radical (unpaired) electrons. The molecule has 2 fully saturated rings. The summed E-state index contributed by atoms with van der Waals surface area (Å²) in [5.41, 5.74) is 0.814. The van der Waals surface area contributed by atoms with Crippen LogP contribution < -0.4 is 4.74 Å². The predicted molar refractivity (Wildman–Crippen MR) is 128 cm³/mol. The number of halogens is 1. The first-order valence-corrected chi connectivity index (χ1v) is 12.3. The standard InChI is InChI=1S/C26H36FN3O4/c1-33-19-8-9-22-20(14-19)25(21(27)15-28-22)24(31)10-11-30-13-12-29(17-23(30)26(32)34-2)16-18-6-4-3-5-7-18/h8-9,14-15,18,23-24,31H,3-7,10-13,16-17H2,1-2H3/t23-,24?/m1/s1. The Morgan fingerprint density at radius 2 is 2.03 bits per heavy atom. The summed E-state index contributed by atoms with van der Waals surface area (Å²) in [6, 6.07) is 4.83. The van der Waals surface area contributed by atoms with Crippen LogP contribution in [0.15, 0.2) is 24.4 Å². The summed E-state index contributed by atoms with van der Waals surface area (Å²) in [6.45, 7) is 3.71. The van der Waals surface area contributed by atoms with Gasteiger partial charge in [0.2, 0.25) is 0 Å². The fraction of sp³-hybridized carbons (Fsp3) is 0.615. The smallest absolute Gasteiger partial charge is 0.324 e. The lowest BCUT2D eigenvalue weighted by Gasteiger charge is -2.41. The molecular formula is C26H36FN3O4. The van der Waals surface area contributed by atoms with Crippen LogP contribution in [0.3, 0.4) is 0 Å². The second-order valence-electron chi connectivity index (χ2n) is 9.55. The highest BCUT2D eigenvalue weighted by Crippen LogP contribution is 2.31. The van der Waals surface area contributed by atoms with Crippen molar-refractivity contribution in [3.8, 4) is 5.75 Å². The first kappa shape index (κ1) is 24.8. The van der Waals surface area contributed by atoms with Gasteiger partial charge in [0.15, 0.2) is 0 Å².